The Kier molecular flexibility index (Phi) is 6.32. The minimum atomic E-state index is -3.47. The minimum Gasteiger partial charge on any atom is -0.351 e. The lowest BCUT2D eigenvalue weighted by Gasteiger charge is -2.31. The van der Waals surface area contributed by atoms with Crippen molar-refractivity contribution in [3.8, 4) is 0 Å². The Morgan fingerprint density at radius 3 is 2.35 bits per heavy atom. The highest BCUT2D eigenvalue weighted by Crippen LogP contribution is 2.22. The summed E-state index contributed by atoms with van der Waals surface area (Å²) < 4.78 is 26.9. The molecule has 1 amide bonds. The Hall–Kier alpha value is -1.44. The van der Waals surface area contributed by atoms with Crippen LogP contribution in [-0.4, -0.2) is 51.4 Å². The van der Waals surface area contributed by atoms with Crippen molar-refractivity contribution in [2.75, 3.05) is 20.1 Å². The van der Waals surface area contributed by atoms with Gasteiger partial charge in [-0.1, -0.05) is 19.3 Å². The van der Waals surface area contributed by atoms with E-state index in [1.165, 1.54) is 44.2 Å². The zero-order valence-electron chi connectivity index (χ0n) is 15.4. The molecule has 0 atom stereocenters. The smallest absolute Gasteiger partial charge is 0.251 e. The third kappa shape index (κ3) is 5.28. The first-order valence-corrected chi connectivity index (χ1v) is 11.0. The standard InChI is InChI=1S/C19H29N3O3S/c1-22(17-5-3-2-4-6-17)14-13-20-19(23)15-7-11-18(12-8-15)26(24,25)21-16-9-10-16/h7-8,11-12,16-17,21H,2-6,9-10,13-14H2,1H3,(H,20,23). The van der Waals surface area contributed by atoms with Gasteiger partial charge in [0.05, 0.1) is 4.90 Å². The summed E-state index contributed by atoms with van der Waals surface area (Å²) in [6, 6.07) is 6.83. The summed E-state index contributed by atoms with van der Waals surface area (Å²) in [5.41, 5.74) is 0.482. The molecule has 0 saturated heterocycles. The second-order valence-electron chi connectivity index (χ2n) is 7.45. The molecule has 0 radical (unpaired) electrons. The lowest BCUT2D eigenvalue weighted by atomic mass is 9.94. The fourth-order valence-electron chi connectivity index (χ4n) is 3.43. The van der Waals surface area contributed by atoms with E-state index in [4.69, 9.17) is 0 Å². The topological polar surface area (TPSA) is 78.5 Å². The van der Waals surface area contributed by atoms with Gasteiger partial charge in [-0.25, -0.2) is 13.1 Å². The van der Waals surface area contributed by atoms with E-state index in [1.54, 1.807) is 12.1 Å². The number of benzene rings is 1. The number of nitrogens with zero attached hydrogens (tertiary/aromatic N) is 1. The molecule has 0 spiro atoms. The van der Waals surface area contributed by atoms with Gasteiger partial charge in [0.25, 0.3) is 5.91 Å². The molecule has 0 bridgehead atoms. The fraction of sp³-hybridized carbons (Fsp3) is 0.632. The number of carbonyl (C=O) groups is 1. The molecule has 1 aromatic rings. The molecule has 1 aromatic carbocycles. The predicted molar refractivity (Wildman–Crippen MR) is 102 cm³/mol. The van der Waals surface area contributed by atoms with Crippen LogP contribution in [0.3, 0.4) is 0 Å². The van der Waals surface area contributed by atoms with Crippen LogP contribution in [0.4, 0.5) is 0 Å². The molecule has 2 aliphatic rings. The molecule has 7 heteroatoms. The highest BCUT2D eigenvalue weighted by Gasteiger charge is 2.28. The number of hydrogen-bond acceptors (Lipinski definition) is 4. The van der Waals surface area contributed by atoms with Gasteiger partial charge in [0.1, 0.15) is 0 Å². The van der Waals surface area contributed by atoms with E-state index in [1.807, 2.05) is 0 Å². The minimum absolute atomic E-state index is 0.0733. The summed E-state index contributed by atoms with van der Waals surface area (Å²) in [5.74, 6) is -0.166. The van der Waals surface area contributed by atoms with E-state index in [9.17, 15) is 13.2 Å². The summed E-state index contributed by atoms with van der Waals surface area (Å²) in [5, 5.41) is 2.92. The molecule has 2 fully saturated rings. The predicted octanol–water partition coefficient (Wildman–Crippen LogP) is 2.12. The maximum Gasteiger partial charge on any atom is 0.251 e. The van der Waals surface area contributed by atoms with Crippen LogP contribution < -0.4 is 10.0 Å². The van der Waals surface area contributed by atoms with Crippen molar-refractivity contribution < 1.29 is 13.2 Å². The van der Waals surface area contributed by atoms with Crippen molar-refractivity contribution in [1.82, 2.24) is 14.9 Å². The van der Waals surface area contributed by atoms with Crippen LogP contribution >= 0.6 is 0 Å². The Bertz CT molecular complexity index is 708. The van der Waals surface area contributed by atoms with Crippen molar-refractivity contribution in [3.05, 3.63) is 29.8 Å². The van der Waals surface area contributed by atoms with E-state index < -0.39 is 10.0 Å². The SMILES string of the molecule is CN(CCNC(=O)c1ccc(S(=O)(=O)NC2CC2)cc1)C1CCCCC1. The molecular weight excluding hydrogens is 350 g/mol. The van der Waals surface area contributed by atoms with E-state index in [2.05, 4.69) is 22.0 Å². The molecule has 0 aliphatic heterocycles. The van der Waals surface area contributed by atoms with Crippen LogP contribution in [0.25, 0.3) is 0 Å². The van der Waals surface area contributed by atoms with E-state index in [0.717, 1.165) is 19.4 Å². The molecule has 0 aromatic heterocycles. The van der Waals surface area contributed by atoms with Crippen molar-refractivity contribution in [3.63, 3.8) is 0 Å². The highest BCUT2D eigenvalue weighted by atomic mass is 32.2. The van der Waals surface area contributed by atoms with Gasteiger partial charge in [-0.2, -0.15) is 0 Å². The molecule has 144 valence electrons. The van der Waals surface area contributed by atoms with Crippen molar-refractivity contribution >= 4 is 15.9 Å². The lowest BCUT2D eigenvalue weighted by Crippen LogP contribution is -2.39. The van der Waals surface area contributed by atoms with Crippen LogP contribution in [0.1, 0.15) is 55.3 Å². The largest absolute Gasteiger partial charge is 0.351 e. The maximum absolute atomic E-state index is 12.3. The monoisotopic (exact) mass is 379 g/mol. The molecule has 2 aliphatic carbocycles. The molecule has 26 heavy (non-hydrogen) atoms. The summed E-state index contributed by atoms with van der Waals surface area (Å²) in [6.07, 6.45) is 8.22. The number of rotatable bonds is 8. The third-order valence-corrected chi connectivity index (χ3v) is 6.81. The molecule has 3 rings (SSSR count). The van der Waals surface area contributed by atoms with Gasteiger partial charge in [-0.05, 0) is 57.0 Å². The van der Waals surface area contributed by atoms with E-state index in [-0.39, 0.29) is 16.8 Å². The van der Waals surface area contributed by atoms with E-state index in [0.29, 0.717) is 18.2 Å². The van der Waals surface area contributed by atoms with Gasteiger partial charge in [0.2, 0.25) is 10.0 Å². The van der Waals surface area contributed by atoms with Crippen molar-refractivity contribution in [1.29, 1.82) is 0 Å². The van der Waals surface area contributed by atoms with Gasteiger partial charge in [0.15, 0.2) is 0 Å². The molecule has 2 saturated carbocycles. The lowest BCUT2D eigenvalue weighted by molar-refractivity contribution is 0.0944. The number of sulfonamides is 1. The van der Waals surface area contributed by atoms with Gasteiger partial charge in [-0.3, -0.25) is 4.79 Å². The molecule has 6 nitrogen and oxygen atoms in total. The fourth-order valence-corrected chi connectivity index (χ4v) is 4.73. The summed E-state index contributed by atoms with van der Waals surface area (Å²) in [4.78, 5) is 14.8. The van der Waals surface area contributed by atoms with Crippen LogP contribution in [0.2, 0.25) is 0 Å². The number of amides is 1. The zero-order chi connectivity index (χ0) is 18.6. The number of nitrogens with one attached hydrogen (secondary N) is 2. The van der Waals surface area contributed by atoms with Crippen LogP contribution in [0, 0.1) is 0 Å². The number of hydrogen-bond donors (Lipinski definition) is 2. The Labute approximate surface area is 156 Å². The third-order valence-electron chi connectivity index (χ3n) is 5.27. The summed E-state index contributed by atoms with van der Waals surface area (Å²) in [6.45, 7) is 1.42. The molecule has 2 N–H and O–H groups in total. The number of carbonyl (C=O) groups excluding carboxylic acids is 1. The summed E-state index contributed by atoms with van der Waals surface area (Å²) >= 11 is 0. The zero-order valence-corrected chi connectivity index (χ0v) is 16.2. The van der Waals surface area contributed by atoms with Gasteiger partial charge in [-0.15, -0.1) is 0 Å². The Morgan fingerprint density at radius 1 is 1.08 bits per heavy atom. The first-order valence-electron chi connectivity index (χ1n) is 9.56. The van der Waals surface area contributed by atoms with Crippen molar-refractivity contribution in [2.24, 2.45) is 0 Å². The second kappa shape index (κ2) is 8.50. The first-order chi connectivity index (χ1) is 12.5. The molecule has 0 unspecified atom stereocenters. The average Bonchev–Trinajstić information content (AvgIpc) is 3.45. The molecule has 0 heterocycles. The van der Waals surface area contributed by atoms with Gasteiger partial charge in [0, 0.05) is 30.7 Å². The Morgan fingerprint density at radius 2 is 1.73 bits per heavy atom. The van der Waals surface area contributed by atoms with Crippen LogP contribution in [0.15, 0.2) is 29.2 Å². The first kappa shape index (κ1) is 19.3. The normalized spacial score (nSPS) is 18.8. The second-order valence-corrected chi connectivity index (χ2v) is 9.16. The highest BCUT2D eigenvalue weighted by molar-refractivity contribution is 7.89. The van der Waals surface area contributed by atoms with Crippen LogP contribution in [-0.2, 0) is 10.0 Å². The maximum atomic E-state index is 12.3. The molecular formula is C19H29N3O3S. The van der Waals surface area contributed by atoms with Gasteiger partial charge >= 0.3 is 0 Å². The quantitative estimate of drug-likeness (QED) is 0.725. The average molecular weight is 380 g/mol. The van der Waals surface area contributed by atoms with Gasteiger partial charge < -0.3 is 10.2 Å². The number of likely N-dealkylation sites (N-methyl/N-ethyl adjacent to an activating group) is 1. The van der Waals surface area contributed by atoms with E-state index >= 15 is 0 Å². The van der Waals surface area contributed by atoms with Crippen LogP contribution in [0.5, 0.6) is 0 Å². The summed E-state index contributed by atoms with van der Waals surface area (Å²) in [7, 11) is -1.35. The Balaban J connectivity index is 1.47. The van der Waals surface area contributed by atoms with Crippen molar-refractivity contribution in [2.45, 2.75) is 61.9 Å².